The molecule has 4 nitrogen and oxygen atoms in total. The van der Waals surface area contributed by atoms with Crippen LogP contribution in [0.15, 0.2) is 42.5 Å². The van der Waals surface area contributed by atoms with Gasteiger partial charge >= 0.3 is 0 Å². The molecule has 0 atom stereocenters. The van der Waals surface area contributed by atoms with Gasteiger partial charge in [0.1, 0.15) is 0 Å². The third kappa shape index (κ3) is 3.85. The molecule has 0 amide bonds. The summed E-state index contributed by atoms with van der Waals surface area (Å²) in [6.07, 6.45) is 3.14. The molecule has 0 aliphatic rings. The van der Waals surface area contributed by atoms with Gasteiger partial charge in [0.25, 0.3) is 0 Å². The molecule has 0 bridgehead atoms. The van der Waals surface area contributed by atoms with Gasteiger partial charge in [-0.05, 0) is 36.4 Å². The molecule has 0 unspecified atom stereocenters. The van der Waals surface area contributed by atoms with E-state index in [2.05, 4.69) is 0 Å². The highest BCUT2D eigenvalue weighted by Gasteiger charge is 2.14. The van der Waals surface area contributed by atoms with Gasteiger partial charge in [0, 0.05) is 16.1 Å². The van der Waals surface area contributed by atoms with Crippen LogP contribution in [0.3, 0.4) is 0 Å². The molecule has 23 heavy (non-hydrogen) atoms. The monoisotopic (exact) mass is 332 g/mol. The van der Waals surface area contributed by atoms with Gasteiger partial charge in [-0.15, -0.1) is 0 Å². The second-order valence-electron chi connectivity index (χ2n) is 4.63. The molecule has 0 spiro atoms. The number of allylic oxidation sites excluding steroid dienone is 1. The summed E-state index contributed by atoms with van der Waals surface area (Å²) in [6.45, 7) is 0. The summed E-state index contributed by atoms with van der Waals surface area (Å²) < 4.78 is 15.9. The van der Waals surface area contributed by atoms with E-state index in [1.165, 1.54) is 20.3 Å². The topological polar surface area (TPSA) is 44.8 Å². The SMILES string of the molecule is COc1ccc(/C=C/C(=O)c2cccc(Cl)c2)c(OC)c1OC. The Morgan fingerprint density at radius 2 is 1.74 bits per heavy atom. The molecule has 5 heteroatoms. The smallest absolute Gasteiger partial charge is 0.203 e. The van der Waals surface area contributed by atoms with Crippen molar-refractivity contribution in [3.63, 3.8) is 0 Å². The van der Waals surface area contributed by atoms with Crippen LogP contribution in [0, 0.1) is 0 Å². The van der Waals surface area contributed by atoms with E-state index in [0.717, 1.165) is 0 Å². The van der Waals surface area contributed by atoms with Crippen molar-refractivity contribution in [2.75, 3.05) is 21.3 Å². The van der Waals surface area contributed by atoms with Gasteiger partial charge in [-0.2, -0.15) is 0 Å². The Balaban J connectivity index is 2.34. The predicted molar refractivity (Wildman–Crippen MR) is 90.9 cm³/mol. The maximum absolute atomic E-state index is 12.2. The summed E-state index contributed by atoms with van der Waals surface area (Å²) in [4.78, 5) is 12.2. The number of hydrogen-bond donors (Lipinski definition) is 0. The Labute approximate surface area is 140 Å². The Kier molecular flexibility index (Phi) is 5.66. The normalized spacial score (nSPS) is 10.6. The van der Waals surface area contributed by atoms with E-state index in [1.54, 1.807) is 49.6 Å². The average Bonchev–Trinajstić information content (AvgIpc) is 2.58. The van der Waals surface area contributed by atoms with Crippen molar-refractivity contribution in [3.05, 3.63) is 58.6 Å². The third-order valence-corrected chi connectivity index (χ3v) is 3.49. The average molecular weight is 333 g/mol. The van der Waals surface area contributed by atoms with Crippen molar-refractivity contribution < 1.29 is 19.0 Å². The molecule has 2 rings (SSSR count). The molecule has 120 valence electrons. The highest BCUT2D eigenvalue weighted by atomic mass is 35.5. The van der Waals surface area contributed by atoms with Gasteiger partial charge in [0.15, 0.2) is 17.3 Å². The van der Waals surface area contributed by atoms with Crippen LogP contribution in [0.25, 0.3) is 6.08 Å². The maximum Gasteiger partial charge on any atom is 0.203 e. The quantitative estimate of drug-likeness (QED) is 0.585. The van der Waals surface area contributed by atoms with Crippen molar-refractivity contribution in [2.45, 2.75) is 0 Å². The molecule has 2 aromatic carbocycles. The number of hydrogen-bond acceptors (Lipinski definition) is 4. The van der Waals surface area contributed by atoms with Gasteiger partial charge in [-0.25, -0.2) is 0 Å². The number of rotatable bonds is 6. The fourth-order valence-corrected chi connectivity index (χ4v) is 2.35. The molecule has 0 saturated carbocycles. The van der Waals surface area contributed by atoms with E-state index in [-0.39, 0.29) is 5.78 Å². The summed E-state index contributed by atoms with van der Waals surface area (Å²) in [5.74, 6) is 1.39. The summed E-state index contributed by atoms with van der Waals surface area (Å²) in [5.41, 5.74) is 1.23. The zero-order chi connectivity index (χ0) is 16.8. The molecular formula is C18H17ClO4. The van der Waals surface area contributed by atoms with Crippen LogP contribution in [0.5, 0.6) is 17.2 Å². The summed E-state index contributed by atoms with van der Waals surface area (Å²) >= 11 is 5.90. The number of carbonyl (C=O) groups is 1. The lowest BCUT2D eigenvalue weighted by atomic mass is 10.1. The summed E-state index contributed by atoms with van der Waals surface area (Å²) in [5, 5.41) is 0.521. The third-order valence-electron chi connectivity index (χ3n) is 3.26. The van der Waals surface area contributed by atoms with Crippen LogP contribution in [-0.4, -0.2) is 27.1 Å². The highest BCUT2D eigenvalue weighted by molar-refractivity contribution is 6.31. The number of ether oxygens (including phenoxy) is 3. The first-order valence-electron chi connectivity index (χ1n) is 6.87. The van der Waals surface area contributed by atoms with Crippen LogP contribution in [0.1, 0.15) is 15.9 Å². The van der Waals surface area contributed by atoms with Crippen molar-refractivity contribution in [1.82, 2.24) is 0 Å². The van der Waals surface area contributed by atoms with Gasteiger partial charge in [0.05, 0.1) is 21.3 Å². The van der Waals surface area contributed by atoms with E-state index in [1.807, 2.05) is 0 Å². The van der Waals surface area contributed by atoms with Crippen molar-refractivity contribution in [1.29, 1.82) is 0 Å². The molecule has 0 fully saturated rings. The lowest BCUT2D eigenvalue weighted by Gasteiger charge is -2.13. The number of benzene rings is 2. The Morgan fingerprint density at radius 1 is 1.00 bits per heavy atom. The second kappa shape index (κ2) is 7.70. The highest BCUT2D eigenvalue weighted by Crippen LogP contribution is 2.40. The molecule has 0 aliphatic carbocycles. The molecule has 0 radical (unpaired) electrons. The van der Waals surface area contributed by atoms with Gasteiger partial charge < -0.3 is 14.2 Å². The van der Waals surface area contributed by atoms with Crippen LogP contribution < -0.4 is 14.2 Å². The Bertz CT molecular complexity index is 738. The van der Waals surface area contributed by atoms with E-state index in [9.17, 15) is 4.79 Å². The fourth-order valence-electron chi connectivity index (χ4n) is 2.16. The predicted octanol–water partition coefficient (Wildman–Crippen LogP) is 4.26. The number of carbonyl (C=O) groups excluding carboxylic acids is 1. The van der Waals surface area contributed by atoms with Crippen LogP contribution in [0.4, 0.5) is 0 Å². The maximum atomic E-state index is 12.2. The van der Waals surface area contributed by atoms with Gasteiger partial charge in [0.2, 0.25) is 5.75 Å². The molecule has 2 aromatic rings. The van der Waals surface area contributed by atoms with Crippen LogP contribution in [0.2, 0.25) is 5.02 Å². The van der Waals surface area contributed by atoms with Crippen molar-refractivity contribution >= 4 is 23.5 Å². The van der Waals surface area contributed by atoms with Gasteiger partial charge in [-0.1, -0.05) is 23.7 Å². The van der Waals surface area contributed by atoms with Gasteiger partial charge in [-0.3, -0.25) is 4.79 Å². The zero-order valence-corrected chi connectivity index (χ0v) is 13.9. The number of halogens is 1. The summed E-state index contributed by atoms with van der Waals surface area (Å²) in [6, 6.07) is 10.3. The Morgan fingerprint density at radius 3 is 2.35 bits per heavy atom. The first kappa shape index (κ1) is 16.9. The minimum absolute atomic E-state index is 0.149. The summed E-state index contributed by atoms with van der Waals surface area (Å²) in [7, 11) is 4.62. The standard InChI is InChI=1S/C18H17ClO4/c1-21-16-10-8-12(17(22-2)18(16)23-3)7-9-15(20)13-5-4-6-14(19)11-13/h4-11H,1-3H3/b9-7+. The minimum Gasteiger partial charge on any atom is -0.493 e. The fraction of sp³-hybridized carbons (Fsp3) is 0.167. The van der Waals surface area contributed by atoms with E-state index in [0.29, 0.717) is 33.4 Å². The Hall–Kier alpha value is -2.46. The first-order valence-corrected chi connectivity index (χ1v) is 7.25. The first-order chi connectivity index (χ1) is 11.1. The molecule has 0 aliphatic heterocycles. The lowest BCUT2D eigenvalue weighted by Crippen LogP contribution is -1.97. The zero-order valence-electron chi connectivity index (χ0n) is 13.1. The molecule has 0 N–H and O–H groups in total. The van der Waals surface area contributed by atoms with E-state index in [4.69, 9.17) is 25.8 Å². The second-order valence-corrected chi connectivity index (χ2v) is 5.07. The molecular weight excluding hydrogens is 316 g/mol. The molecule has 0 aromatic heterocycles. The lowest BCUT2D eigenvalue weighted by molar-refractivity contribution is 0.104. The van der Waals surface area contributed by atoms with Crippen LogP contribution in [-0.2, 0) is 0 Å². The van der Waals surface area contributed by atoms with Crippen molar-refractivity contribution in [3.8, 4) is 17.2 Å². The largest absolute Gasteiger partial charge is 0.493 e. The van der Waals surface area contributed by atoms with Crippen LogP contribution >= 0.6 is 11.6 Å². The van der Waals surface area contributed by atoms with Crippen molar-refractivity contribution in [2.24, 2.45) is 0 Å². The molecule has 0 heterocycles. The van der Waals surface area contributed by atoms with E-state index >= 15 is 0 Å². The number of methoxy groups -OCH3 is 3. The molecule has 0 saturated heterocycles. The number of ketones is 1. The van der Waals surface area contributed by atoms with E-state index < -0.39 is 0 Å². The minimum atomic E-state index is -0.149.